The Hall–Kier alpha value is -3.34. The summed E-state index contributed by atoms with van der Waals surface area (Å²) in [5.41, 5.74) is 0. The molecule has 0 fully saturated rings. The van der Waals surface area contributed by atoms with Crippen LogP contribution in [0.4, 0.5) is 0 Å². The number of rotatable bonds is 50. The lowest BCUT2D eigenvalue weighted by Crippen LogP contribution is -2.30. The van der Waals surface area contributed by atoms with Crippen LogP contribution >= 0.6 is 7.82 Å². The second-order valence-electron chi connectivity index (χ2n) is 18.0. The quantitative estimate of drug-likeness (QED) is 0.0197. The van der Waals surface area contributed by atoms with Crippen molar-refractivity contribution in [2.45, 2.75) is 238 Å². The topological polar surface area (TPSA) is 155 Å². The molecule has 0 amide bonds. The summed E-state index contributed by atoms with van der Waals surface area (Å²) in [6.45, 7) is 4.40. The maximum atomic E-state index is 12.9. The van der Waals surface area contributed by atoms with Gasteiger partial charge in [0.15, 0.2) is 6.10 Å². The Bertz CT molecular complexity index is 1500. The monoisotopic (exact) mass is 1000 g/mol. The summed E-state index contributed by atoms with van der Waals surface area (Å²) in [5, 5.41) is 9.79. The van der Waals surface area contributed by atoms with Crippen LogP contribution in [0.5, 0.6) is 0 Å². The van der Waals surface area contributed by atoms with E-state index in [1.54, 1.807) is 0 Å². The smallest absolute Gasteiger partial charge is 0.462 e. The molecule has 3 unspecified atom stereocenters. The molecule has 0 aliphatic heterocycles. The first-order chi connectivity index (χ1) is 34.2. The molecular weight excluding hydrogens is 904 g/mol. The van der Waals surface area contributed by atoms with E-state index < -0.39 is 57.8 Å². The van der Waals surface area contributed by atoms with Gasteiger partial charge in [-0.1, -0.05) is 176 Å². The van der Waals surface area contributed by atoms with Gasteiger partial charge in [-0.25, -0.2) is 4.57 Å². The Balaban J connectivity index is 4.83. The fourth-order valence-electron chi connectivity index (χ4n) is 7.08. The summed E-state index contributed by atoms with van der Waals surface area (Å²) < 4.78 is 39.4. The zero-order valence-electron chi connectivity index (χ0n) is 44.2. The van der Waals surface area contributed by atoms with Crippen molar-refractivity contribution in [3.8, 4) is 0 Å². The lowest BCUT2D eigenvalue weighted by Gasteiger charge is -2.21. The molecule has 0 aromatic rings. The third-order valence-electron chi connectivity index (χ3n) is 11.3. The maximum absolute atomic E-state index is 12.9. The number of esters is 3. The summed E-state index contributed by atoms with van der Waals surface area (Å²) in [6.07, 6.45) is 58.3. The first-order valence-electron chi connectivity index (χ1n) is 27.5. The standard InChI is InChI=1S/C58H99O11P/c1-4-7-10-13-16-19-22-25-27-30-32-35-38-41-44-47-56(60)65-51-55(69-58(62)49-46-43-40-37-34-31-28-26-23-20-17-14-11-8-5-2)53-67-70(63,64)66-52-54(50-59)68-57(61)48-45-42-39-36-33-29-24-21-18-15-12-9-6-3/h7,10,16-17,19-21,24-28,32,35,54-55,59H,4-6,8-9,11-15,18,22-23,29-31,33-34,36-53H2,1-3H3,(H,63,64)/b10-7-,19-16-,20-17-,24-21-,27-25-,28-26-,35-32-. The van der Waals surface area contributed by atoms with Gasteiger partial charge in [-0.15, -0.1) is 0 Å². The molecule has 11 nitrogen and oxygen atoms in total. The van der Waals surface area contributed by atoms with Crippen LogP contribution in [0.1, 0.15) is 226 Å². The van der Waals surface area contributed by atoms with E-state index in [1.807, 2.05) is 0 Å². The first-order valence-corrected chi connectivity index (χ1v) is 29.0. The van der Waals surface area contributed by atoms with E-state index in [4.69, 9.17) is 23.3 Å². The number of phosphoric ester groups is 1. The van der Waals surface area contributed by atoms with Crippen LogP contribution in [0.3, 0.4) is 0 Å². The molecule has 0 aliphatic carbocycles. The molecule has 0 aromatic heterocycles. The summed E-state index contributed by atoms with van der Waals surface area (Å²) in [7, 11) is -4.76. The number of carbonyl (C=O) groups excluding carboxylic acids is 3. The van der Waals surface area contributed by atoms with E-state index >= 15 is 0 Å². The van der Waals surface area contributed by atoms with Gasteiger partial charge in [-0.3, -0.25) is 23.4 Å². The van der Waals surface area contributed by atoms with E-state index in [2.05, 4.69) is 106 Å². The molecule has 0 saturated heterocycles. The van der Waals surface area contributed by atoms with Crippen LogP contribution < -0.4 is 0 Å². The molecule has 0 spiro atoms. The van der Waals surface area contributed by atoms with Gasteiger partial charge in [0.05, 0.1) is 19.8 Å². The number of phosphoric acid groups is 1. The van der Waals surface area contributed by atoms with E-state index in [0.717, 1.165) is 122 Å². The highest BCUT2D eigenvalue weighted by atomic mass is 31.2. The molecule has 12 heteroatoms. The van der Waals surface area contributed by atoms with Crippen molar-refractivity contribution in [2.75, 3.05) is 26.4 Å². The average Bonchev–Trinajstić information content (AvgIpc) is 3.35. The average molecular weight is 1000 g/mol. The minimum Gasteiger partial charge on any atom is -0.462 e. The van der Waals surface area contributed by atoms with Crippen molar-refractivity contribution in [3.63, 3.8) is 0 Å². The molecular formula is C58H99O11P. The third-order valence-corrected chi connectivity index (χ3v) is 12.2. The van der Waals surface area contributed by atoms with Crippen molar-refractivity contribution in [2.24, 2.45) is 0 Å². The maximum Gasteiger partial charge on any atom is 0.472 e. The number of hydrogen-bond acceptors (Lipinski definition) is 10. The van der Waals surface area contributed by atoms with Crippen LogP contribution in [0.25, 0.3) is 0 Å². The summed E-state index contributed by atoms with van der Waals surface area (Å²) in [4.78, 5) is 48.4. The van der Waals surface area contributed by atoms with Crippen LogP contribution in [-0.4, -0.2) is 66.5 Å². The second-order valence-corrected chi connectivity index (χ2v) is 19.5. The Morgan fingerprint density at radius 3 is 1.21 bits per heavy atom. The number of hydrogen-bond donors (Lipinski definition) is 2. The van der Waals surface area contributed by atoms with Crippen LogP contribution in [-0.2, 0) is 42.2 Å². The molecule has 402 valence electrons. The predicted molar refractivity (Wildman–Crippen MR) is 288 cm³/mol. The van der Waals surface area contributed by atoms with Gasteiger partial charge >= 0.3 is 25.7 Å². The van der Waals surface area contributed by atoms with E-state index in [0.29, 0.717) is 19.3 Å². The van der Waals surface area contributed by atoms with Crippen molar-refractivity contribution < 1.29 is 52.2 Å². The first kappa shape index (κ1) is 66.7. The molecule has 0 rings (SSSR count). The Labute approximate surface area is 426 Å². The van der Waals surface area contributed by atoms with E-state index in [-0.39, 0.29) is 25.9 Å². The molecule has 3 atom stereocenters. The highest BCUT2D eigenvalue weighted by molar-refractivity contribution is 7.47. The summed E-state index contributed by atoms with van der Waals surface area (Å²) >= 11 is 0. The Kier molecular flexibility index (Phi) is 49.5. The molecule has 0 saturated carbocycles. The van der Waals surface area contributed by atoms with E-state index in [1.165, 1.54) is 44.9 Å². The lowest BCUT2D eigenvalue weighted by molar-refractivity contribution is -0.161. The lowest BCUT2D eigenvalue weighted by atomic mass is 10.1. The van der Waals surface area contributed by atoms with Gasteiger partial charge in [-0.05, 0) is 116 Å². The molecule has 0 bridgehead atoms. The Morgan fingerprint density at radius 1 is 0.414 bits per heavy atom. The second kappa shape index (κ2) is 52.0. The molecule has 0 aromatic carbocycles. The molecule has 2 N–H and O–H groups in total. The number of carbonyl (C=O) groups is 3. The number of allylic oxidation sites excluding steroid dienone is 14. The largest absolute Gasteiger partial charge is 0.472 e. The van der Waals surface area contributed by atoms with Gasteiger partial charge in [-0.2, -0.15) is 0 Å². The number of unbranched alkanes of at least 4 members (excludes halogenated alkanes) is 19. The van der Waals surface area contributed by atoms with Gasteiger partial charge in [0.1, 0.15) is 12.7 Å². The molecule has 0 radical (unpaired) electrons. The molecule has 70 heavy (non-hydrogen) atoms. The van der Waals surface area contributed by atoms with Crippen molar-refractivity contribution >= 4 is 25.7 Å². The molecule has 0 heterocycles. The van der Waals surface area contributed by atoms with Gasteiger partial charge in [0, 0.05) is 19.3 Å². The fourth-order valence-corrected chi connectivity index (χ4v) is 7.86. The van der Waals surface area contributed by atoms with Gasteiger partial charge in [0.2, 0.25) is 0 Å². The summed E-state index contributed by atoms with van der Waals surface area (Å²) in [6, 6.07) is 0. The number of aliphatic hydroxyl groups is 1. The zero-order chi connectivity index (χ0) is 51.3. The minimum atomic E-state index is -4.76. The van der Waals surface area contributed by atoms with Crippen LogP contribution in [0.15, 0.2) is 85.1 Å². The van der Waals surface area contributed by atoms with Crippen molar-refractivity contribution in [1.82, 2.24) is 0 Å². The van der Waals surface area contributed by atoms with E-state index in [9.17, 15) is 28.9 Å². The highest BCUT2D eigenvalue weighted by Gasteiger charge is 2.28. The highest BCUT2D eigenvalue weighted by Crippen LogP contribution is 2.43. The van der Waals surface area contributed by atoms with Crippen LogP contribution in [0, 0.1) is 0 Å². The summed E-state index contributed by atoms with van der Waals surface area (Å²) in [5.74, 6) is -1.54. The van der Waals surface area contributed by atoms with Crippen LogP contribution in [0.2, 0.25) is 0 Å². The third kappa shape index (κ3) is 49.6. The number of ether oxygens (including phenoxy) is 3. The fraction of sp³-hybridized carbons (Fsp3) is 0.707. The SMILES string of the molecule is CC/C=C\C/C=C\C/C=C\C/C=C\CCCCC(=O)OCC(COP(=O)(O)OCC(CO)OC(=O)CCCCCCC/C=C\CCCCCC)OC(=O)CCCCCCC/C=C\C/C=C\CCCCC. The van der Waals surface area contributed by atoms with Crippen molar-refractivity contribution in [3.05, 3.63) is 85.1 Å². The Morgan fingerprint density at radius 2 is 0.743 bits per heavy atom. The number of aliphatic hydroxyl groups excluding tert-OH is 1. The normalized spacial score (nSPS) is 14.1. The zero-order valence-corrected chi connectivity index (χ0v) is 45.1. The van der Waals surface area contributed by atoms with Gasteiger partial charge in [0.25, 0.3) is 0 Å². The molecule has 0 aliphatic rings. The van der Waals surface area contributed by atoms with Crippen molar-refractivity contribution in [1.29, 1.82) is 0 Å². The van der Waals surface area contributed by atoms with Gasteiger partial charge < -0.3 is 24.2 Å². The predicted octanol–water partition coefficient (Wildman–Crippen LogP) is 15.9. The minimum absolute atomic E-state index is 0.139.